The summed E-state index contributed by atoms with van der Waals surface area (Å²) < 4.78 is 0. The molecule has 0 saturated carbocycles. The first-order valence-electron chi connectivity index (χ1n) is 6.05. The monoisotopic (exact) mass is 241 g/mol. The van der Waals surface area contributed by atoms with Crippen LogP contribution < -0.4 is 0 Å². The Labute approximate surface area is 105 Å². The van der Waals surface area contributed by atoms with E-state index >= 15 is 0 Å². The third-order valence-electron chi connectivity index (χ3n) is 2.68. The van der Waals surface area contributed by atoms with Crippen molar-refractivity contribution in [3.05, 3.63) is 54.2 Å². The van der Waals surface area contributed by atoms with Crippen molar-refractivity contribution in [2.45, 2.75) is 25.7 Å². The van der Waals surface area contributed by atoms with Crippen LogP contribution >= 0.6 is 0 Å². The molecule has 0 atom stereocenters. The normalized spacial score (nSPS) is 11.5. The average Bonchev–Trinajstić information content (AvgIpc) is 2.29. The van der Waals surface area contributed by atoms with Crippen molar-refractivity contribution >= 4 is 8.07 Å². The molecule has 2 aromatic rings. The minimum atomic E-state index is -1.09. The second-order valence-electron chi connectivity index (χ2n) is 5.61. The van der Waals surface area contributed by atoms with Crippen LogP contribution in [0.5, 0.6) is 0 Å². The predicted octanol–water partition coefficient (Wildman–Crippen LogP) is 4.17. The summed E-state index contributed by atoms with van der Waals surface area (Å²) in [6.45, 7) is 7.21. The van der Waals surface area contributed by atoms with Crippen LogP contribution in [0.15, 0.2) is 48.7 Å². The van der Waals surface area contributed by atoms with Crippen molar-refractivity contribution in [1.29, 1.82) is 0 Å². The fourth-order valence-corrected chi connectivity index (χ4v) is 3.47. The molecule has 0 aliphatic carbocycles. The van der Waals surface area contributed by atoms with Gasteiger partial charge in [0.05, 0.1) is 5.69 Å². The molecule has 0 aliphatic heterocycles. The molecular weight excluding hydrogens is 222 g/mol. The van der Waals surface area contributed by atoms with Crippen molar-refractivity contribution in [2.75, 3.05) is 0 Å². The first-order chi connectivity index (χ1) is 8.06. The summed E-state index contributed by atoms with van der Waals surface area (Å²) >= 11 is 0. The van der Waals surface area contributed by atoms with Gasteiger partial charge in [0, 0.05) is 19.8 Å². The highest BCUT2D eigenvalue weighted by Crippen LogP contribution is 2.24. The van der Waals surface area contributed by atoms with Crippen LogP contribution in [0.3, 0.4) is 0 Å². The molecule has 0 fully saturated rings. The molecule has 0 amide bonds. The summed E-state index contributed by atoms with van der Waals surface area (Å²) in [5, 5.41) is 0. The van der Waals surface area contributed by atoms with Crippen molar-refractivity contribution < 1.29 is 0 Å². The standard InChI is InChI=1S/C15H19NSi/c1-17(2,3)12-13-8-4-5-9-14(13)15-10-6-7-11-16-15/h4-11H,12H2,1-3H3. The van der Waals surface area contributed by atoms with E-state index in [1.54, 1.807) is 0 Å². The number of nitrogens with zero attached hydrogens (tertiary/aromatic N) is 1. The van der Waals surface area contributed by atoms with Crippen molar-refractivity contribution in [1.82, 2.24) is 4.98 Å². The molecule has 1 heterocycles. The van der Waals surface area contributed by atoms with E-state index in [2.05, 4.69) is 55.0 Å². The molecule has 1 nitrogen and oxygen atoms in total. The predicted molar refractivity (Wildman–Crippen MR) is 76.7 cm³/mol. The van der Waals surface area contributed by atoms with Gasteiger partial charge < -0.3 is 0 Å². The molecule has 1 aromatic carbocycles. The topological polar surface area (TPSA) is 12.9 Å². The Bertz CT molecular complexity index is 486. The first kappa shape index (κ1) is 12.1. The highest BCUT2D eigenvalue weighted by Gasteiger charge is 2.16. The highest BCUT2D eigenvalue weighted by molar-refractivity contribution is 6.75. The van der Waals surface area contributed by atoms with Gasteiger partial charge in [-0.15, -0.1) is 0 Å². The Morgan fingerprint density at radius 2 is 1.65 bits per heavy atom. The molecule has 2 rings (SSSR count). The number of benzene rings is 1. The highest BCUT2D eigenvalue weighted by atomic mass is 28.3. The Hall–Kier alpha value is -1.41. The summed E-state index contributed by atoms with van der Waals surface area (Å²) in [5.74, 6) is 0. The molecule has 0 spiro atoms. The van der Waals surface area contributed by atoms with Gasteiger partial charge >= 0.3 is 0 Å². The maximum atomic E-state index is 4.46. The van der Waals surface area contributed by atoms with E-state index in [1.807, 2.05) is 18.3 Å². The fourth-order valence-electron chi connectivity index (χ4n) is 2.02. The molecule has 0 bridgehead atoms. The second kappa shape index (κ2) is 4.84. The Morgan fingerprint density at radius 3 is 2.29 bits per heavy atom. The zero-order chi connectivity index (χ0) is 12.3. The van der Waals surface area contributed by atoms with E-state index in [1.165, 1.54) is 17.2 Å². The van der Waals surface area contributed by atoms with Gasteiger partial charge in [-0.1, -0.05) is 50.0 Å². The van der Waals surface area contributed by atoms with Crippen LogP contribution in [0.25, 0.3) is 11.3 Å². The molecule has 0 N–H and O–H groups in total. The number of aromatic nitrogens is 1. The van der Waals surface area contributed by atoms with Gasteiger partial charge in [0.25, 0.3) is 0 Å². The van der Waals surface area contributed by atoms with Gasteiger partial charge in [-0.05, 0) is 23.7 Å². The van der Waals surface area contributed by atoms with Gasteiger partial charge in [0.15, 0.2) is 0 Å². The average molecular weight is 241 g/mol. The van der Waals surface area contributed by atoms with E-state index in [9.17, 15) is 0 Å². The van der Waals surface area contributed by atoms with E-state index in [0.29, 0.717) is 0 Å². The summed E-state index contributed by atoms with van der Waals surface area (Å²) in [7, 11) is -1.09. The molecule has 17 heavy (non-hydrogen) atoms. The third kappa shape index (κ3) is 3.27. The largest absolute Gasteiger partial charge is 0.256 e. The number of hydrogen-bond acceptors (Lipinski definition) is 1. The number of hydrogen-bond donors (Lipinski definition) is 0. The Balaban J connectivity index is 2.41. The lowest BCUT2D eigenvalue weighted by molar-refractivity contribution is 1.26. The van der Waals surface area contributed by atoms with Crippen LogP contribution in [-0.2, 0) is 6.04 Å². The second-order valence-corrected chi connectivity index (χ2v) is 11.1. The number of rotatable bonds is 3. The SMILES string of the molecule is C[Si](C)(C)Cc1ccccc1-c1ccccn1. The lowest BCUT2D eigenvalue weighted by Crippen LogP contribution is -2.24. The maximum absolute atomic E-state index is 4.46. The van der Waals surface area contributed by atoms with Crippen LogP contribution in [0.4, 0.5) is 0 Å². The van der Waals surface area contributed by atoms with Gasteiger partial charge in [-0.2, -0.15) is 0 Å². The molecule has 2 heteroatoms. The lowest BCUT2D eigenvalue weighted by atomic mass is 10.1. The van der Waals surface area contributed by atoms with Crippen LogP contribution in [0.1, 0.15) is 5.56 Å². The summed E-state index contributed by atoms with van der Waals surface area (Å²) in [6, 6.07) is 15.9. The molecule has 88 valence electrons. The lowest BCUT2D eigenvalue weighted by Gasteiger charge is -2.18. The molecule has 0 radical (unpaired) electrons. The molecule has 0 unspecified atom stereocenters. The fraction of sp³-hybridized carbons (Fsp3) is 0.267. The molecule has 0 saturated heterocycles. The van der Waals surface area contributed by atoms with Crippen LogP contribution in [0, 0.1) is 0 Å². The van der Waals surface area contributed by atoms with Gasteiger partial charge in [-0.25, -0.2) is 0 Å². The van der Waals surface area contributed by atoms with E-state index in [0.717, 1.165) is 5.69 Å². The van der Waals surface area contributed by atoms with Gasteiger partial charge in [-0.3, -0.25) is 4.98 Å². The minimum absolute atomic E-state index is 1.08. The van der Waals surface area contributed by atoms with Crippen molar-refractivity contribution in [3.63, 3.8) is 0 Å². The minimum Gasteiger partial charge on any atom is -0.256 e. The zero-order valence-electron chi connectivity index (χ0n) is 10.8. The summed E-state index contributed by atoms with van der Waals surface area (Å²) in [5.41, 5.74) is 3.81. The maximum Gasteiger partial charge on any atom is 0.0704 e. The summed E-state index contributed by atoms with van der Waals surface area (Å²) in [6.07, 6.45) is 1.86. The smallest absolute Gasteiger partial charge is 0.0704 e. The van der Waals surface area contributed by atoms with Crippen LogP contribution in [-0.4, -0.2) is 13.1 Å². The Morgan fingerprint density at radius 1 is 0.941 bits per heavy atom. The van der Waals surface area contributed by atoms with Crippen molar-refractivity contribution in [2.24, 2.45) is 0 Å². The van der Waals surface area contributed by atoms with E-state index < -0.39 is 8.07 Å². The van der Waals surface area contributed by atoms with Crippen molar-refractivity contribution in [3.8, 4) is 11.3 Å². The number of pyridine rings is 1. The quantitative estimate of drug-likeness (QED) is 0.735. The molecule has 0 aliphatic rings. The summed E-state index contributed by atoms with van der Waals surface area (Å²) in [4.78, 5) is 4.46. The molecular formula is C15H19NSi. The van der Waals surface area contributed by atoms with Gasteiger partial charge in [0.2, 0.25) is 0 Å². The first-order valence-corrected chi connectivity index (χ1v) is 9.76. The Kier molecular flexibility index (Phi) is 3.43. The van der Waals surface area contributed by atoms with E-state index in [-0.39, 0.29) is 0 Å². The third-order valence-corrected chi connectivity index (χ3v) is 4.12. The van der Waals surface area contributed by atoms with E-state index in [4.69, 9.17) is 0 Å². The zero-order valence-corrected chi connectivity index (χ0v) is 11.8. The van der Waals surface area contributed by atoms with Gasteiger partial charge in [0.1, 0.15) is 0 Å². The van der Waals surface area contributed by atoms with Crippen LogP contribution in [0.2, 0.25) is 19.6 Å². The molecule has 1 aromatic heterocycles.